The van der Waals surface area contributed by atoms with Gasteiger partial charge in [-0.3, -0.25) is 0 Å². The van der Waals surface area contributed by atoms with E-state index in [0.717, 1.165) is 42.6 Å². The summed E-state index contributed by atoms with van der Waals surface area (Å²) in [6.07, 6.45) is 5.30. The van der Waals surface area contributed by atoms with Gasteiger partial charge in [-0.25, -0.2) is 9.97 Å². The van der Waals surface area contributed by atoms with Gasteiger partial charge in [0.2, 0.25) is 0 Å². The van der Waals surface area contributed by atoms with Crippen molar-refractivity contribution in [3.63, 3.8) is 0 Å². The van der Waals surface area contributed by atoms with Gasteiger partial charge < -0.3 is 10.2 Å². The number of rotatable bonds is 4. The molecule has 0 aliphatic carbocycles. The summed E-state index contributed by atoms with van der Waals surface area (Å²) < 4.78 is 0. The second kappa shape index (κ2) is 6.06. The third-order valence-electron chi connectivity index (χ3n) is 4.06. The first-order chi connectivity index (χ1) is 9.78. The molecule has 0 radical (unpaired) electrons. The zero-order chi connectivity index (χ0) is 13.9. The largest absolute Gasteiger partial charge is 0.359 e. The summed E-state index contributed by atoms with van der Waals surface area (Å²) in [5.41, 5.74) is 0. The highest BCUT2D eigenvalue weighted by Gasteiger charge is 2.18. The minimum absolute atomic E-state index is 0.774. The monoisotopic (exact) mass is 290 g/mol. The van der Waals surface area contributed by atoms with Crippen LogP contribution in [0.15, 0.2) is 12.4 Å². The second-order valence-corrected chi connectivity index (χ2v) is 6.67. The van der Waals surface area contributed by atoms with E-state index in [9.17, 15) is 0 Å². The summed E-state index contributed by atoms with van der Waals surface area (Å²) in [5.74, 6) is 1.86. The molecule has 3 heterocycles. The molecule has 1 aliphatic rings. The summed E-state index contributed by atoms with van der Waals surface area (Å²) in [5, 5.41) is 4.64. The number of aryl methyl sites for hydroxylation is 1. The van der Waals surface area contributed by atoms with Crippen LogP contribution in [0.25, 0.3) is 10.2 Å². The number of nitrogens with zero attached hydrogens (tertiary/aromatic N) is 3. The molecule has 0 amide bonds. The number of hydrogen-bond acceptors (Lipinski definition) is 5. The zero-order valence-corrected chi connectivity index (χ0v) is 13.0. The number of aromatic nitrogens is 2. The molecular weight excluding hydrogens is 268 g/mol. The highest BCUT2D eigenvalue weighted by Crippen LogP contribution is 2.30. The molecule has 20 heavy (non-hydrogen) atoms. The lowest BCUT2D eigenvalue weighted by Crippen LogP contribution is -2.34. The molecule has 0 atom stereocenters. The molecule has 2 aromatic rings. The zero-order valence-electron chi connectivity index (χ0n) is 12.2. The highest BCUT2D eigenvalue weighted by molar-refractivity contribution is 7.18. The minimum atomic E-state index is 0.774. The molecule has 2 aromatic heterocycles. The van der Waals surface area contributed by atoms with Gasteiger partial charge in [0.1, 0.15) is 17.0 Å². The Morgan fingerprint density at radius 1 is 1.35 bits per heavy atom. The Balaban J connectivity index is 1.82. The van der Waals surface area contributed by atoms with E-state index in [1.807, 2.05) is 0 Å². The maximum Gasteiger partial charge on any atom is 0.140 e. The Kier molecular flexibility index (Phi) is 4.17. The van der Waals surface area contributed by atoms with Crippen LogP contribution in [0.1, 0.15) is 24.6 Å². The Morgan fingerprint density at radius 2 is 2.15 bits per heavy atom. The average molecular weight is 290 g/mol. The lowest BCUT2D eigenvalue weighted by atomic mass is 9.98. The fourth-order valence-electron chi connectivity index (χ4n) is 2.91. The molecule has 1 aliphatic heterocycles. The van der Waals surface area contributed by atoms with Crippen molar-refractivity contribution in [3.05, 3.63) is 17.3 Å². The molecule has 4 nitrogen and oxygen atoms in total. The number of hydrogen-bond donors (Lipinski definition) is 1. The van der Waals surface area contributed by atoms with Gasteiger partial charge in [-0.2, -0.15) is 0 Å². The van der Waals surface area contributed by atoms with Gasteiger partial charge >= 0.3 is 0 Å². The molecule has 3 rings (SSSR count). The number of piperidine rings is 1. The van der Waals surface area contributed by atoms with Gasteiger partial charge in [0, 0.05) is 18.5 Å². The van der Waals surface area contributed by atoms with E-state index in [1.54, 1.807) is 17.7 Å². The number of fused-ring (bicyclic) bond motifs is 1. The van der Waals surface area contributed by atoms with Crippen molar-refractivity contribution in [1.29, 1.82) is 0 Å². The van der Waals surface area contributed by atoms with E-state index in [4.69, 9.17) is 0 Å². The standard InChI is InChI=1S/C15H22N4S/c1-3-12-8-13-14(17-10-18-15(13)20-12)19(2)9-11-4-6-16-7-5-11/h8,10-11,16H,3-7,9H2,1-2H3. The molecule has 0 aromatic carbocycles. The van der Waals surface area contributed by atoms with Crippen molar-refractivity contribution in [2.45, 2.75) is 26.2 Å². The quantitative estimate of drug-likeness (QED) is 0.940. The molecule has 0 unspecified atom stereocenters. The Bertz CT molecular complexity index is 574. The van der Waals surface area contributed by atoms with E-state index >= 15 is 0 Å². The van der Waals surface area contributed by atoms with Gasteiger partial charge in [-0.05, 0) is 44.3 Å². The van der Waals surface area contributed by atoms with Crippen LogP contribution in [0.5, 0.6) is 0 Å². The summed E-state index contributed by atoms with van der Waals surface area (Å²) in [4.78, 5) is 13.7. The predicted octanol–water partition coefficient (Wildman–Crippen LogP) is 2.69. The molecule has 0 bridgehead atoms. The summed E-state index contributed by atoms with van der Waals surface area (Å²) in [7, 11) is 2.16. The topological polar surface area (TPSA) is 41.0 Å². The van der Waals surface area contributed by atoms with Crippen molar-refractivity contribution >= 4 is 27.4 Å². The SMILES string of the molecule is CCc1cc2c(N(C)CC3CCNCC3)ncnc2s1. The second-order valence-electron chi connectivity index (χ2n) is 5.56. The fraction of sp³-hybridized carbons (Fsp3) is 0.600. The van der Waals surface area contributed by atoms with Crippen LogP contribution >= 0.6 is 11.3 Å². The Hall–Kier alpha value is -1.20. The van der Waals surface area contributed by atoms with Crippen LogP contribution in [0.4, 0.5) is 5.82 Å². The number of nitrogens with one attached hydrogen (secondary N) is 1. The molecular formula is C15H22N4S. The molecule has 5 heteroatoms. The third-order valence-corrected chi connectivity index (χ3v) is 5.25. The van der Waals surface area contributed by atoms with E-state index in [0.29, 0.717) is 0 Å². The number of anilines is 1. The van der Waals surface area contributed by atoms with E-state index < -0.39 is 0 Å². The normalized spacial score (nSPS) is 16.7. The smallest absolute Gasteiger partial charge is 0.140 e. The molecule has 1 N–H and O–H groups in total. The predicted molar refractivity (Wildman–Crippen MR) is 85.7 cm³/mol. The van der Waals surface area contributed by atoms with Gasteiger partial charge in [0.25, 0.3) is 0 Å². The van der Waals surface area contributed by atoms with Crippen molar-refractivity contribution in [2.75, 3.05) is 31.6 Å². The van der Waals surface area contributed by atoms with Crippen LogP contribution < -0.4 is 10.2 Å². The Labute approximate surface area is 124 Å². The summed E-state index contributed by atoms with van der Waals surface area (Å²) in [6, 6.07) is 2.26. The first-order valence-electron chi connectivity index (χ1n) is 7.43. The summed E-state index contributed by atoms with van der Waals surface area (Å²) >= 11 is 1.79. The molecule has 1 fully saturated rings. The number of thiophene rings is 1. The van der Waals surface area contributed by atoms with Crippen LogP contribution in [0.3, 0.4) is 0 Å². The van der Waals surface area contributed by atoms with Gasteiger partial charge in [0.05, 0.1) is 5.39 Å². The van der Waals surface area contributed by atoms with Gasteiger partial charge in [-0.15, -0.1) is 11.3 Å². The minimum Gasteiger partial charge on any atom is -0.359 e. The van der Waals surface area contributed by atoms with Crippen molar-refractivity contribution < 1.29 is 0 Å². The summed E-state index contributed by atoms with van der Waals surface area (Å²) in [6.45, 7) is 5.58. The molecule has 0 spiro atoms. The van der Waals surface area contributed by atoms with Crippen LogP contribution in [-0.4, -0.2) is 36.6 Å². The first-order valence-corrected chi connectivity index (χ1v) is 8.25. The molecule has 0 saturated carbocycles. The average Bonchev–Trinajstić information content (AvgIpc) is 2.91. The molecule has 108 valence electrons. The van der Waals surface area contributed by atoms with E-state index in [1.165, 1.54) is 23.1 Å². The van der Waals surface area contributed by atoms with E-state index in [-0.39, 0.29) is 0 Å². The van der Waals surface area contributed by atoms with Gasteiger partial charge in [-0.1, -0.05) is 6.92 Å². The maximum absolute atomic E-state index is 4.53. The van der Waals surface area contributed by atoms with E-state index in [2.05, 4.69) is 40.2 Å². The lowest BCUT2D eigenvalue weighted by molar-refractivity contribution is 0.377. The highest BCUT2D eigenvalue weighted by atomic mass is 32.1. The fourth-order valence-corrected chi connectivity index (χ4v) is 3.84. The molecule has 1 saturated heterocycles. The van der Waals surface area contributed by atoms with Crippen LogP contribution in [0, 0.1) is 5.92 Å². The maximum atomic E-state index is 4.53. The van der Waals surface area contributed by atoms with Gasteiger partial charge in [0.15, 0.2) is 0 Å². The van der Waals surface area contributed by atoms with Crippen molar-refractivity contribution in [3.8, 4) is 0 Å². The van der Waals surface area contributed by atoms with Crippen LogP contribution in [-0.2, 0) is 6.42 Å². The van der Waals surface area contributed by atoms with Crippen molar-refractivity contribution in [1.82, 2.24) is 15.3 Å². The van der Waals surface area contributed by atoms with Crippen LogP contribution in [0.2, 0.25) is 0 Å². The lowest BCUT2D eigenvalue weighted by Gasteiger charge is -2.28. The first kappa shape index (κ1) is 13.8. The van der Waals surface area contributed by atoms with Crippen molar-refractivity contribution in [2.24, 2.45) is 5.92 Å². The third kappa shape index (κ3) is 2.79. The Morgan fingerprint density at radius 3 is 2.90 bits per heavy atom.